The summed E-state index contributed by atoms with van der Waals surface area (Å²) in [6.07, 6.45) is 57.8. The molecule has 11 rings (SSSR count). The smallest absolute Gasteiger partial charge is 0.142 e. The van der Waals surface area contributed by atoms with Crippen molar-refractivity contribution in [1.29, 1.82) is 0 Å². The van der Waals surface area contributed by atoms with Crippen molar-refractivity contribution in [1.82, 2.24) is 0 Å². The Morgan fingerprint density at radius 2 is 0.534 bits per heavy atom. The lowest BCUT2D eigenvalue weighted by Crippen LogP contribution is -2.30. The number of thiophene rings is 5. The summed E-state index contributed by atoms with van der Waals surface area (Å²) < 4.78 is 5.66. The second-order valence-corrected chi connectivity index (χ2v) is 36.2. The molecule has 0 atom stereocenters. The molecular weight excluding hydrogens is 1350 g/mol. The molecule has 7 heteroatoms. The Hall–Kier alpha value is -5.28. The monoisotopic (exact) mass is 1470 g/mol. The van der Waals surface area contributed by atoms with E-state index in [4.69, 9.17) is 0 Å². The van der Waals surface area contributed by atoms with Crippen LogP contribution in [0.2, 0.25) is 0 Å². The largest absolute Gasteiger partial charge is 0.299 e. The summed E-state index contributed by atoms with van der Waals surface area (Å²) in [6, 6.07) is 37.4. The minimum absolute atomic E-state index is 0.643. The van der Waals surface area contributed by atoms with Gasteiger partial charge in [-0.05, 0) is 211 Å². The first-order valence-electron chi connectivity index (χ1n) is 41.7. The van der Waals surface area contributed by atoms with Gasteiger partial charge in [0.15, 0.2) is 0 Å². The molecule has 2 nitrogen and oxygen atoms in total. The zero-order valence-electron chi connectivity index (χ0n) is 64.7. The van der Waals surface area contributed by atoms with Crippen LogP contribution in [0.25, 0.3) is 50.5 Å². The third-order valence-corrected chi connectivity index (χ3v) is 29.1. The van der Waals surface area contributed by atoms with Crippen molar-refractivity contribution in [3.8, 4) is 19.5 Å². The van der Waals surface area contributed by atoms with Crippen molar-refractivity contribution in [2.75, 3.05) is 0 Å². The Morgan fingerprint density at radius 3 is 0.845 bits per heavy atom. The molecule has 5 heterocycles. The molecule has 2 aliphatic rings. The summed E-state index contributed by atoms with van der Waals surface area (Å²) >= 11 is 10.2. The average molecular weight is 1470 g/mol. The summed E-state index contributed by atoms with van der Waals surface area (Å²) in [7, 11) is 0. The van der Waals surface area contributed by atoms with E-state index < -0.39 is 10.8 Å². The summed E-state index contributed by atoms with van der Waals surface area (Å²) in [4.78, 5) is 32.8. The maximum Gasteiger partial charge on any atom is 0.142 e. The maximum atomic E-state index is 12.6. The molecule has 2 aliphatic carbocycles. The van der Waals surface area contributed by atoms with E-state index >= 15 is 0 Å². The molecule has 0 saturated heterocycles. The van der Waals surface area contributed by atoms with Crippen molar-refractivity contribution < 1.29 is 9.59 Å². The Morgan fingerprint density at radius 1 is 0.262 bits per heavy atom. The van der Waals surface area contributed by atoms with Crippen LogP contribution in [0.5, 0.6) is 0 Å². The molecule has 550 valence electrons. The van der Waals surface area contributed by atoms with E-state index in [9.17, 15) is 9.59 Å². The highest BCUT2D eigenvalue weighted by molar-refractivity contribution is 7.36. The lowest BCUT2D eigenvalue weighted by Gasteiger charge is -2.35. The van der Waals surface area contributed by atoms with Crippen LogP contribution >= 0.6 is 56.7 Å². The van der Waals surface area contributed by atoms with E-state index in [1.54, 1.807) is 12.2 Å². The van der Waals surface area contributed by atoms with Crippen LogP contribution in [0.1, 0.15) is 360 Å². The zero-order valence-corrected chi connectivity index (χ0v) is 68.8. The zero-order chi connectivity index (χ0) is 72.0. The normalized spacial score (nSPS) is 13.6. The number of carbonyl (C=O) groups is 2. The van der Waals surface area contributed by atoms with E-state index in [1.165, 1.54) is 333 Å². The van der Waals surface area contributed by atoms with Gasteiger partial charge >= 0.3 is 0 Å². The fourth-order valence-electron chi connectivity index (χ4n) is 17.5. The fraction of sp³-hybridized carbons (Fsp3) is 0.521. The Bertz CT molecular complexity index is 3990. The van der Waals surface area contributed by atoms with Gasteiger partial charge in [-0.15, -0.1) is 56.7 Å². The van der Waals surface area contributed by atoms with E-state index in [0.717, 1.165) is 73.7 Å². The molecule has 0 radical (unpaired) electrons. The van der Waals surface area contributed by atoms with Crippen molar-refractivity contribution in [2.45, 2.75) is 323 Å². The van der Waals surface area contributed by atoms with E-state index in [0.29, 0.717) is 0 Å². The molecule has 103 heavy (non-hydrogen) atoms. The van der Waals surface area contributed by atoms with E-state index in [-0.39, 0.29) is 0 Å². The van der Waals surface area contributed by atoms with Gasteiger partial charge in [0.2, 0.25) is 0 Å². The number of allylic oxidation sites excluding steroid dienone is 2. The molecule has 4 aromatic carbocycles. The van der Waals surface area contributed by atoms with Gasteiger partial charge in [-0.2, -0.15) is 0 Å². The Labute approximate surface area is 643 Å². The molecule has 0 fully saturated rings. The number of aldehydes is 2. The predicted molar refractivity (Wildman–Crippen MR) is 458 cm³/mol. The molecular formula is C96H124O2S5. The van der Waals surface area contributed by atoms with Crippen LogP contribution in [-0.4, -0.2) is 12.6 Å². The van der Waals surface area contributed by atoms with Crippen LogP contribution in [0.15, 0.2) is 97.1 Å². The molecule has 0 amide bonds. The third-order valence-electron chi connectivity index (χ3n) is 22.8. The lowest BCUT2D eigenvalue weighted by atomic mass is 9.65. The molecule has 0 bridgehead atoms. The number of hydrogen-bond acceptors (Lipinski definition) is 7. The van der Waals surface area contributed by atoms with Crippen molar-refractivity contribution in [3.05, 3.63) is 196 Å². The van der Waals surface area contributed by atoms with Crippen LogP contribution in [0.4, 0.5) is 0 Å². The number of hydrogen-bond donors (Lipinski definition) is 0. The first-order chi connectivity index (χ1) is 50.6. The van der Waals surface area contributed by atoms with Crippen molar-refractivity contribution >= 4 is 100 Å². The summed E-state index contributed by atoms with van der Waals surface area (Å²) in [5.74, 6) is 0. The first-order valence-corrected chi connectivity index (χ1v) is 45.8. The van der Waals surface area contributed by atoms with Gasteiger partial charge in [-0.1, -0.05) is 282 Å². The number of fused-ring (bicyclic) bond motifs is 11. The van der Waals surface area contributed by atoms with E-state index in [1.807, 2.05) is 34.0 Å². The minimum Gasteiger partial charge on any atom is -0.299 e. The number of unbranched alkanes of at least 4 members (excludes halogenated alkanes) is 24. The SMILES string of the molecule is CCCCCCc1cc(CCCCCC)cc(C2(c3cc(CCCCCC)cc(CCCCCC)c3)c3cc(/C=C/C=O)sc3-c3sc4c5c(sc4c32)-c2sc3cc(/C=C/C=O)sc3c2C5(c2cc(CCCCCC)cc(CCCCCC)c2)c2cc(CCCCCC)cc(CCCCCC)c2)c1. The molecule has 0 saturated carbocycles. The van der Waals surface area contributed by atoms with Crippen LogP contribution in [-0.2, 0) is 71.8 Å². The van der Waals surface area contributed by atoms with Gasteiger partial charge in [0.05, 0.1) is 44.4 Å². The van der Waals surface area contributed by atoms with Crippen LogP contribution in [0, 0.1) is 0 Å². The summed E-state index contributed by atoms with van der Waals surface area (Å²) in [5, 5.41) is 0. The summed E-state index contributed by atoms with van der Waals surface area (Å²) in [5.41, 5.74) is 22.4. The van der Waals surface area contributed by atoms with Gasteiger partial charge < -0.3 is 0 Å². The van der Waals surface area contributed by atoms with Crippen molar-refractivity contribution in [2.24, 2.45) is 0 Å². The topological polar surface area (TPSA) is 34.1 Å². The van der Waals surface area contributed by atoms with Crippen LogP contribution < -0.4 is 0 Å². The van der Waals surface area contributed by atoms with Gasteiger partial charge in [-0.25, -0.2) is 0 Å². The maximum absolute atomic E-state index is 12.6. The number of carbonyl (C=O) groups excluding carboxylic acids is 2. The standard InChI is InChI=1S/C96H124O2S5/c1-9-17-25-33-43-69-55-70(44-34-26-18-10-2)60-77(59-69)95(78-61-71(45-35-27-19-11-3)56-72(62-78)46-36-28-20-12-4)83-67-81(51-41-53-97)99-88(83)90-86(95)92-94(102-90)87-93(103-92)91-85(89-84(101-91)68-82(100-89)52-42-54-98)96(87,79-63-73(47-37-29-21-13-5)57-74(64-79)48-38-30-22-14-6)80-65-75(49-39-31-23-15-7)58-76(66-80)50-40-32-24-16-8/h41-42,51-68H,9-40,43-50H2,1-8H3/b51-41+,52-42+. The quantitative estimate of drug-likeness (QED) is 0.0216. The highest BCUT2D eigenvalue weighted by Crippen LogP contribution is 2.71. The molecule has 9 aromatic rings. The second kappa shape index (κ2) is 39.5. The molecule has 0 aliphatic heterocycles. The third kappa shape index (κ3) is 18.1. The summed E-state index contributed by atoms with van der Waals surface area (Å²) in [6.45, 7) is 18.8. The minimum atomic E-state index is -0.654. The van der Waals surface area contributed by atoms with Gasteiger partial charge in [0, 0.05) is 31.1 Å². The van der Waals surface area contributed by atoms with Gasteiger partial charge in [-0.3, -0.25) is 9.59 Å². The molecule has 0 N–H and O–H groups in total. The van der Waals surface area contributed by atoms with Crippen molar-refractivity contribution in [3.63, 3.8) is 0 Å². The average Bonchev–Trinajstić information content (AvgIpc) is 1.48. The first kappa shape index (κ1) is 78.8. The number of aryl methyl sites for hydroxylation is 8. The molecule has 5 aromatic heterocycles. The highest BCUT2D eigenvalue weighted by atomic mass is 32.1. The molecule has 0 spiro atoms. The van der Waals surface area contributed by atoms with Gasteiger partial charge in [0.25, 0.3) is 0 Å². The van der Waals surface area contributed by atoms with E-state index in [2.05, 4.69) is 175 Å². The van der Waals surface area contributed by atoms with Crippen LogP contribution in [0.3, 0.4) is 0 Å². The second-order valence-electron chi connectivity index (χ2n) is 30.9. The Kier molecular flexibility index (Phi) is 30.2. The van der Waals surface area contributed by atoms with Gasteiger partial charge in [0.1, 0.15) is 12.6 Å². The fourth-order valence-corrected chi connectivity index (χ4v) is 24.7. The molecule has 0 unspecified atom stereocenters. The lowest BCUT2D eigenvalue weighted by molar-refractivity contribution is -0.104. The predicted octanol–water partition coefficient (Wildman–Crippen LogP) is 30.4. The number of benzene rings is 4. The number of rotatable bonds is 48. The Balaban J connectivity index is 1.31. The highest BCUT2D eigenvalue weighted by Gasteiger charge is 2.56.